The van der Waals surface area contributed by atoms with E-state index in [0.717, 1.165) is 43.0 Å². The SMILES string of the molecule is CC1CCC(N(C(=O)c2csc(CCN)n2)C2CC2)CC1. The lowest BCUT2D eigenvalue weighted by atomic mass is 9.86. The number of carbonyl (C=O) groups excluding carboxylic acids is 1. The zero-order chi connectivity index (χ0) is 14.8. The highest BCUT2D eigenvalue weighted by Crippen LogP contribution is 2.36. The van der Waals surface area contributed by atoms with Crippen molar-refractivity contribution in [2.75, 3.05) is 6.54 Å². The van der Waals surface area contributed by atoms with Crippen LogP contribution in [0.3, 0.4) is 0 Å². The Morgan fingerprint density at radius 1 is 1.29 bits per heavy atom. The molecule has 0 aromatic carbocycles. The topological polar surface area (TPSA) is 59.2 Å². The normalized spacial score (nSPS) is 25.8. The smallest absolute Gasteiger partial charge is 0.273 e. The second-order valence-corrected chi connectivity index (χ2v) is 7.47. The van der Waals surface area contributed by atoms with Crippen molar-refractivity contribution < 1.29 is 4.79 Å². The van der Waals surface area contributed by atoms with Crippen LogP contribution in [0.5, 0.6) is 0 Å². The van der Waals surface area contributed by atoms with Crippen LogP contribution in [-0.2, 0) is 6.42 Å². The third kappa shape index (κ3) is 3.46. The highest BCUT2D eigenvalue weighted by Gasteiger charge is 2.39. The van der Waals surface area contributed by atoms with Crippen molar-refractivity contribution in [3.8, 4) is 0 Å². The summed E-state index contributed by atoms with van der Waals surface area (Å²) in [5.74, 6) is 0.962. The Kier molecular flexibility index (Phi) is 4.60. The average molecular weight is 307 g/mol. The molecule has 1 amide bonds. The predicted molar refractivity (Wildman–Crippen MR) is 85.5 cm³/mol. The molecule has 2 fully saturated rings. The summed E-state index contributed by atoms with van der Waals surface area (Å²) in [5.41, 5.74) is 6.20. The highest BCUT2D eigenvalue weighted by atomic mass is 32.1. The molecule has 2 aliphatic carbocycles. The summed E-state index contributed by atoms with van der Waals surface area (Å²) in [5, 5.41) is 2.89. The Morgan fingerprint density at radius 3 is 2.48 bits per heavy atom. The third-order valence-corrected chi connectivity index (χ3v) is 5.59. The largest absolute Gasteiger partial charge is 0.331 e. The molecule has 3 rings (SSSR count). The first kappa shape index (κ1) is 15.0. The summed E-state index contributed by atoms with van der Waals surface area (Å²) in [6, 6.07) is 0.899. The summed E-state index contributed by atoms with van der Waals surface area (Å²) in [6.07, 6.45) is 7.90. The van der Waals surface area contributed by atoms with E-state index in [1.54, 1.807) is 11.3 Å². The maximum atomic E-state index is 12.9. The van der Waals surface area contributed by atoms with Gasteiger partial charge in [0.1, 0.15) is 5.69 Å². The molecule has 0 bridgehead atoms. The second-order valence-electron chi connectivity index (χ2n) is 6.52. The highest BCUT2D eigenvalue weighted by molar-refractivity contribution is 7.09. The molecule has 0 spiro atoms. The lowest BCUT2D eigenvalue weighted by Crippen LogP contribution is -2.43. The fourth-order valence-electron chi connectivity index (χ4n) is 3.28. The molecule has 0 unspecified atom stereocenters. The Bertz CT molecular complexity index is 489. The lowest BCUT2D eigenvalue weighted by molar-refractivity contribution is 0.0587. The summed E-state index contributed by atoms with van der Waals surface area (Å²) in [4.78, 5) is 19.5. The number of hydrogen-bond donors (Lipinski definition) is 1. The summed E-state index contributed by atoms with van der Waals surface area (Å²) in [6.45, 7) is 2.91. The Labute approximate surface area is 130 Å². The number of thiazole rings is 1. The van der Waals surface area contributed by atoms with Crippen molar-refractivity contribution in [2.45, 2.75) is 64.0 Å². The molecule has 0 aliphatic heterocycles. The van der Waals surface area contributed by atoms with Crippen molar-refractivity contribution in [2.24, 2.45) is 11.7 Å². The van der Waals surface area contributed by atoms with E-state index in [1.165, 1.54) is 12.8 Å². The maximum Gasteiger partial charge on any atom is 0.273 e. The number of nitrogens with two attached hydrogens (primary N) is 1. The van der Waals surface area contributed by atoms with Gasteiger partial charge < -0.3 is 10.6 Å². The van der Waals surface area contributed by atoms with E-state index in [-0.39, 0.29) is 5.91 Å². The standard InChI is InChI=1S/C16H25N3OS/c1-11-2-4-12(5-3-11)19(13-6-7-13)16(20)14-10-21-15(18-14)8-9-17/h10-13H,2-9,17H2,1H3. The molecule has 2 N–H and O–H groups in total. The minimum absolute atomic E-state index is 0.150. The minimum Gasteiger partial charge on any atom is -0.331 e. The molecule has 2 saturated carbocycles. The molecule has 5 heteroatoms. The summed E-state index contributed by atoms with van der Waals surface area (Å²) < 4.78 is 0. The molecule has 2 aliphatic rings. The first-order valence-corrected chi connectivity index (χ1v) is 9.04. The fraction of sp³-hybridized carbons (Fsp3) is 0.750. The van der Waals surface area contributed by atoms with Gasteiger partial charge in [-0.25, -0.2) is 4.98 Å². The number of amides is 1. The van der Waals surface area contributed by atoms with Crippen LogP contribution in [0.15, 0.2) is 5.38 Å². The van der Waals surface area contributed by atoms with Gasteiger partial charge in [-0.3, -0.25) is 4.79 Å². The van der Waals surface area contributed by atoms with Gasteiger partial charge in [-0.1, -0.05) is 6.92 Å². The monoisotopic (exact) mass is 307 g/mol. The van der Waals surface area contributed by atoms with Crippen LogP contribution < -0.4 is 5.73 Å². The summed E-state index contributed by atoms with van der Waals surface area (Å²) in [7, 11) is 0. The van der Waals surface area contributed by atoms with Crippen molar-refractivity contribution in [1.82, 2.24) is 9.88 Å². The third-order valence-electron chi connectivity index (χ3n) is 4.68. The van der Waals surface area contributed by atoms with E-state index in [1.807, 2.05) is 5.38 Å². The molecule has 0 saturated heterocycles. The number of nitrogens with zero attached hydrogens (tertiary/aromatic N) is 2. The zero-order valence-corrected chi connectivity index (χ0v) is 13.6. The number of aromatic nitrogens is 1. The summed E-state index contributed by atoms with van der Waals surface area (Å²) >= 11 is 1.56. The number of hydrogen-bond acceptors (Lipinski definition) is 4. The first-order chi connectivity index (χ1) is 10.2. The lowest BCUT2D eigenvalue weighted by Gasteiger charge is -2.36. The van der Waals surface area contributed by atoms with Crippen LogP contribution in [0.25, 0.3) is 0 Å². The van der Waals surface area contributed by atoms with Crippen molar-refractivity contribution in [1.29, 1.82) is 0 Å². The second kappa shape index (κ2) is 6.44. The zero-order valence-electron chi connectivity index (χ0n) is 12.8. The fourth-order valence-corrected chi connectivity index (χ4v) is 4.07. The Hall–Kier alpha value is -0.940. The van der Waals surface area contributed by atoms with Gasteiger partial charge >= 0.3 is 0 Å². The minimum atomic E-state index is 0.150. The van der Waals surface area contributed by atoms with Gasteiger partial charge in [0.2, 0.25) is 0 Å². The van der Waals surface area contributed by atoms with Crippen molar-refractivity contribution >= 4 is 17.2 Å². The van der Waals surface area contributed by atoms with Crippen molar-refractivity contribution in [3.05, 3.63) is 16.1 Å². The molecule has 4 nitrogen and oxygen atoms in total. The van der Waals surface area contributed by atoms with E-state index >= 15 is 0 Å². The Morgan fingerprint density at radius 2 is 1.90 bits per heavy atom. The molecule has 21 heavy (non-hydrogen) atoms. The van der Waals surface area contributed by atoms with Crippen LogP contribution in [0.2, 0.25) is 0 Å². The van der Waals surface area contributed by atoms with E-state index < -0.39 is 0 Å². The van der Waals surface area contributed by atoms with Crippen LogP contribution in [0.4, 0.5) is 0 Å². The van der Waals surface area contributed by atoms with Crippen molar-refractivity contribution in [3.63, 3.8) is 0 Å². The molecule has 1 aromatic heterocycles. The van der Waals surface area contributed by atoms with Gasteiger partial charge in [0.25, 0.3) is 5.91 Å². The van der Waals surface area contributed by atoms with Crippen LogP contribution >= 0.6 is 11.3 Å². The number of carbonyl (C=O) groups is 1. The van der Waals surface area contributed by atoms with E-state index in [2.05, 4.69) is 16.8 Å². The van der Waals surface area contributed by atoms with Crippen LogP contribution in [-0.4, -0.2) is 34.4 Å². The maximum absolute atomic E-state index is 12.9. The van der Waals surface area contributed by atoms with Crippen LogP contribution in [0.1, 0.15) is 60.9 Å². The molecule has 0 atom stereocenters. The van der Waals surface area contributed by atoms with Gasteiger partial charge in [0, 0.05) is 23.9 Å². The van der Waals surface area contributed by atoms with Gasteiger partial charge in [0.05, 0.1) is 5.01 Å². The van der Waals surface area contributed by atoms with E-state index in [0.29, 0.717) is 24.3 Å². The molecular weight excluding hydrogens is 282 g/mol. The predicted octanol–water partition coefficient (Wildman–Crippen LogP) is 2.83. The molecule has 1 aromatic rings. The molecular formula is C16H25N3OS. The van der Waals surface area contributed by atoms with Crippen LogP contribution in [0, 0.1) is 5.92 Å². The number of rotatable bonds is 5. The van der Waals surface area contributed by atoms with Gasteiger partial charge in [-0.2, -0.15) is 0 Å². The van der Waals surface area contributed by atoms with E-state index in [4.69, 9.17) is 5.73 Å². The van der Waals surface area contributed by atoms with Gasteiger partial charge in [0.15, 0.2) is 0 Å². The quantitative estimate of drug-likeness (QED) is 0.910. The molecule has 116 valence electrons. The van der Waals surface area contributed by atoms with Gasteiger partial charge in [-0.15, -0.1) is 11.3 Å². The molecule has 1 heterocycles. The Balaban J connectivity index is 1.72. The first-order valence-electron chi connectivity index (χ1n) is 8.16. The molecule has 0 radical (unpaired) electrons. The van der Waals surface area contributed by atoms with E-state index in [9.17, 15) is 4.79 Å². The average Bonchev–Trinajstić information content (AvgIpc) is 3.20. The van der Waals surface area contributed by atoms with Gasteiger partial charge in [-0.05, 0) is 51.0 Å².